The van der Waals surface area contributed by atoms with Crippen LogP contribution in [-0.2, 0) is 20.7 Å². The third-order valence-corrected chi connectivity index (χ3v) is 2.73. The fourth-order valence-corrected chi connectivity index (χ4v) is 2.02. The Morgan fingerprint density at radius 1 is 1.09 bits per heavy atom. The summed E-state index contributed by atoms with van der Waals surface area (Å²) in [7, 11) is 0. The van der Waals surface area contributed by atoms with E-state index in [-0.39, 0.29) is 29.9 Å². The maximum absolute atomic E-state index is 12.2. The molecule has 23 heavy (non-hydrogen) atoms. The molecule has 0 unspecified atom stereocenters. The molecule has 0 saturated carbocycles. The number of hydrogen-bond acceptors (Lipinski definition) is 6. The topological polar surface area (TPSA) is 82.1 Å². The second-order valence-electron chi connectivity index (χ2n) is 5.58. The van der Waals surface area contributed by atoms with Crippen LogP contribution in [-0.4, -0.2) is 35.9 Å². The number of phenolic OH excluding ortho intramolecular Hbond substituents is 1. The lowest BCUT2D eigenvalue weighted by Crippen LogP contribution is -2.18. The van der Waals surface area contributed by atoms with E-state index in [2.05, 4.69) is 0 Å². The zero-order chi connectivity index (χ0) is 17.6. The fraction of sp³-hybridized carbons (Fsp3) is 0.529. The first-order valence-electron chi connectivity index (χ1n) is 7.63. The van der Waals surface area contributed by atoms with Crippen LogP contribution < -0.4 is 4.74 Å². The van der Waals surface area contributed by atoms with Gasteiger partial charge in [-0.2, -0.15) is 0 Å². The quantitative estimate of drug-likeness (QED) is 0.777. The van der Waals surface area contributed by atoms with Crippen molar-refractivity contribution in [1.82, 2.24) is 0 Å². The molecular formula is C17H24O6. The molecule has 0 heterocycles. The standard InChI is InChI=1S/C17H24O6/c1-6-21-13-7-12(8-15(19)22-10(2)3)16(14(18)9-13)17(20)23-11(4)5/h7,9-11,18H,6,8H2,1-5H3. The van der Waals surface area contributed by atoms with Gasteiger partial charge < -0.3 is 19.3 Å². The second kappa shape index (κ2) is 8.41. The summed E-state index contributed by atoms with van der Waals surface area (Å²) in [5.41, 5.74) is 0.271. The molecule has 128 valence electrons. The van der Waals surface area contributed by atoms with Crippen LogP contribution in [0.5, 0.6) is 11.5 Å². The van der Waals surface area contributed by atoms with Crippen molar-refractivity contribution in [2.75, 3.05) is 6.61 Å². The van der Waals surface area contributed by atoms with Crippen LogP contribution in [0, 0.1) is 0 Å². The van der Waals surface area contributed by atoms with Crippen molar-refractivity contribution >= 4 is 11.9 Å². The average molecular weight is 324 g/mol. The van der Waals surface area contributed by atoms with Gasteiger partial charge in [-0.3, -0.25) is 4.79 Å². The van der Waals surface area contributed by atoms with Gasteiger partial charge >= 0.3 is 11.9 Å². The monoisotopic (exact) mass is 324 g/mol. The Labute approximate surface area is 136 Å². The minimum absolute atomic E-state index is 0.0390. The van der Waals surface area contributed by atoms with Crippen molar-refractivity contribution in [3.05, 3.63) is 23.3 Å². The van der Waals surface area contributed by atoms with Gasteiger partial charge in [0.1, 0.15) is 17.1 Å². The molecule has 0 amide bonds. The third kappa shape index (κ3) is 5.81. The zero-order valence-electron chi connectivity index (χ0n) is 14.2. The van der Waals surface area contributed by atoms with E-state index in [0.717, 1.165) is 0 Å². The molecule has 1 aromatic rings. The molecule has 1 N–H and O–H groups in total. The largest absolute Gasteiger partial charge is 0.507 e. The van der Waals surface area contributed by atoms with Crippen molar-refractivity contribution in [1.29, 1.82) is 0 Å². The van der Waals surface area contributed by atoms with Crippen LogP contribution in [0.1, 0.15) is 50.5 Å². The van der Waals surface area contributed by atoms with Gasteiger partial charge in [-0.15, -0.1) is 0 Å². The second-order valence-corrected chi connectivity index (χ2v) is 5.58. The van der Waals surface area contributed by atoms with Gasteiger partial charge in [-0.25, -0.2) is 4.79 Å². The van der Waals surface area contributed by atoms with Crippen molar-refractivity contribution in [2.24, 2.45) is 0 Å². The van der Waals surface area contributed by atoms with E-state index in [1.165, 1.54) is 6.07 Å². The number of phenols is 1. The molecule has 6 nitrogen and oxygen atoms in total. The molecule has 6 heteroatoms. The van der Waals surface area contributed by atoms with E-state index in [1.807, 2.05) is 0 Å². The number of rotatable bonds is 7. The van der Waals surface area contributed by atoms with Crippen LogP contribution in [0.3, 0.4) is 0 Å². The predicted octanol–water partition coefficient (Wildman–Crippen LogP) is 2.85. The SMILES string of the molecule is CCOc1cc(O)c(C(=O)OC(C)C)c(CC(=O)OC(C)C)c1. The molecule has 0 atom stereocenters. The number of esters is 2. The molecule has 0 aliphatic carbocycles. The Hall–Kier alpha value is -2.24. The van der Waals surface area contributed by atoms with Crippen LogP contribution in [0.15, 0.2) is 12.1 Å². The minimum atomic E-state index is -0.687. The first kappa shape index (κ1) is 18.8. The highest BCUT2D eigenvalue weighted by molar-refractivity contribution is 5.95. The lowest BCUT2D eigenvalue weighted by atomic mass is 10.0. The van der Waals surface area contributed by atoms with Gasteiger partial charge in [-0.1, -0.05) is 0 Å². The lowest BCUT2D eigenvalue weighted by Gasteiger charge is -2.15. The maximum Gasteiger partial charge on any atom is 0.342 e. The zero-order valence-corrected chi connectivity index (χ0v) is 14.2. The summed E-state index contributed by atoms with van der Waals surface area (Å²) in [6.07, 6.45) is -0.768. The summed E-state index contributed by atoms with van der Waals surface area (Å²) in [6.45, 7) is 9.07. The average Bonchev–Trinajstić information content (AvgIpc) is 2.36. The van der Waals surface area contributed by atoms with Gasteiger partial charge in [0.2, 0.25) is 0 Å². The van der Waals surface area contributed by atoms with E-state index >= 15 is 0 Å². The number of ether oxygens (including phenoxy) is 3. The maximum atomic E-state index is 12.2. The predicted molar refractivity (Wildman–Crippen MR) is 84.8 cm³/mol. The third-order valence-electron chi connectivity index (χ3n) is 2.73. The molecule has 0 aliphatic rings. The van der Waals surface area contributed by atoms with Crippen LogP contribution in [0.25, 0.3) is 0 Å². The summed E-state index contributed by atoms with van der Waals surface area (Å²) >= 11 is 0. The highest BCUT2D eigenvalue weighted by atomic mass is 16.5. The number of benzene rings is 1. The first-order valence-corrected chi connectivity index (χ1v) is 7.63. The Morgan fingerprint density at radius 3 is 2.22 bits per heavy atom. The van der Waals surface area contributed by atoms with Gasteiger partial charge in [-0.05, 0) is 46.2 Å². The molecule has 1 aromatic carbocycles. The molecule has 0 radical (unpaired) electrons. The molecule has 0 bridgehead atoms. The van der Waals surface area contributed by atoms with Crippen molar-refractivity contribution in [2.45, 2.75) is 53.2 Å². The van der Waals surface area contributed by atoms with Crippen LogP contribution in [0.2, 0.25) is 0 Å². The summed E-state index contributed by atoms with van der Waals surface area (Å²) < 4.78 is 15.6. The molecule has 0 aromatic heterocycles. The molecule has 0 fully saturated rings. The van der Waals surface area contributed by atoms with Gasteiger partial charge in [0.05, 0.1) is 25.2 Å². The smallest absolute Gasteiger partial charge is 0.342 e. The summed E-state index contributed by atoms with van der Waals surface area (Å²) in [5, 5.41) is 10.1. The minimum Gasteiger partial charge on any atom is -0.507 e. The van der Waals surface area contributed by atoms with E-state index in [4.69, 9.17) is 14.2 Å². The highest BCUT2D eigenvalue weighted by Gasteiger charge is 2.23. The van der Waals surface area contributed by atoms with Gasteiger partial charge in [0.15, 0.2) is 0 Å². The Morgan fingerprint density at radius 2 is 1.70 bits per heavy atom. The Bertz CT molecular complexity index is 562. The first-order chi connectivity index (χ1) is 10.7. The van der Waals surface area contributed by atoms with Gasteiger partial charge in [0, 0.05) is 6.07 Å². The Kier molecular flexibility index (Phi) is 6.88. The molecular weight excluding hydrogens is 300 g/mol. The molecule has 0 saturated heterocycles. The lowest BCUT2D eigenvalue weighted by molar-refractivity contribution is -0.146. The van der Waals surface area contributed by atoms with Gasteiger partial charge in [0.25, 0.3) is 0 Å². The fourth-order valence-electron chi connectivity index (χ4n) is 2.02. The van der Waals surface area contributed by atoms with Crippen molar-refractivity contribution < 1.29 is 28.9 Å². The summed E-state index contributed by atoms with van der Waals surface area (Å²) in [5.74, 6) is -1.09. The Balaban J connectivity index is 3.20. The number of hydrogen-bond donors (Lipinski definition) is 1. The van der Waals surface area contributed by atoms with Crippen LogP contribution in [0.4, 0.5) is 0 Å². The molecule has 1 rings (SSSR count). The highest BCUT2D eigenvalue weighted by Crippen LogP contribution is 2.30. The van der Waals surface area contributed by atoms with Crippen LogP contribution >= 0.6 is 0 Å². The number of aromatic hydroxyl groups is 1. The van der Waals surface area contributed by atoms with E-state index in [9.17, 15) is 14.7 Å². The number of carbonyl (C=O) groups excluding carboxylic acids is 2. The van der Waals surface area contributed by atoms with E-state index in [1.54, 1.807) is 40.7 Å². The molecule has 0 aliphatic heterocycles. The van der Waals surface area contributed by atoms with E-state index < -0.39 is 11.9 Å². The summed E-state index contributed by atoms with van der Waals surface area (Å²) in [6, 6.07) is 2.87. The normalized spacial score (nSPS) is 10.7. The summed E-state index contributed by atoms with van der Waals surface area (Å²) in [4.78, 5) is 24.1. The van der Waals surface area contributed by atoms with E-state index in [0.29, 0.717) is 17.9 Å². The molecule has 0 spiro atoms. The number of carbonyl (C=O) groups is 2. The van der Waals surface area contributed by atoms with Crippen molar-refractivity contribution in [3.8, 4) is 11.5 Å². The van der Waals surface area contributed by atoms with Crippen molar-refractivity contribution in [3.63, 3.8) is 0 Å².